The highest BCUT2D eigenvalue weighted by Crippen LogP contribution is 2.38. The summed E-state index contributed by atoms with van der Waals surface area (Å²) in [5, 5.41) is 0. The van der Waals surface area contributed by atoms with Crippen molar-refractivity contribution in [1.29, 1.82) is 0 Å². The van der Waals surface area contributed by atoms with E-state index in [1.165, 1.54) is 86.5 Å². The highest BCUT2D eigenvalue weighted by molar-refractivity contribution is 9.10. The van der Waals surface area contributed by atoms with Crippen LogP contribution in [0, 0.1) is 0 Å². The Morgan fingerprint density at radius 3 is 1.33 bits per heavy atom. The molecule has 0 heterocycles. The molecule has 0 fully saturated rings. The highest BCUT2D eigenvalue weighted by Gasteiger charge is 2.18. The molecule has 0 saturated carbocycles. The van der Waals surface area contributed by atoms with Crippen molar-refractivity contribution in [1.82, 2.24) is 0 Å². The smallest absolute Gasteiger partial charge is 0.0178 e. The lowest BCUT2D eigenvalue weighted by Gasteiger charge is -2.00. The third kappa shape index (κ3) is 7.74. The fraction of sp³-hybridized carbons (Fsp3) is 0.520. The molecule has 0 saturated heterocycles. The Hall–Kier alpha value is -0.600. The fourth-order valence-electron chi connectivity index (χ4n) is 3.71. The number of hydrogen-bond donors (Lipinski definition) is 0. The van der Waals surface area contributed by atoms with E-state index in [2.05, 4.69) is 82.1 Å². The molecule has 1 aliphatic rings. The van der Waals surface area contributed by atoms with Crippen LogP contribution in [0.3, 0.4) is 0 Å². The summed E-state index contributed by atoms with van der Waals surface area (Å²) < 4.78 is 2.32. The van der Waals surface area contributed by atoms with Gasteiger partial charge in [0.2, 0.25) is 0 Å². The van der Waals surface area contributed by atoms with E-state index in [0.717, 1.165) is 15.4 Å². The molecular weight excluding hydrogens is 460 g/mol. The molecule has 0 radical (unpaired) electrons. The van der Waals surface area contributed by atoms with Gasteiger partial charge in [0, 0.05) is 8.95 Å². The topological polar surface area (TPSA) is 0 Å². The van der Waals surface area contributed by atoms with Crippen LogP contribution in [0.15, 0.2) is 45.3 Å². The van der Waals surface area contributed by atoms with Crippen LogP contribution in [0.2, 0.25) is 0 Å². The number of halogens is 2. The van der Waals surface area contributed by atoms with E-state index in [9.17, 15) is 0 Å². The zero-order valence-corrected chi connectivity index (χ0v) is 20.2. The lowest BCUT2D eigenvalue weighted by Crippen LogP contribution is -1.80. The van der Waals surface area contributed by atoms with Crippen molar-refractivity contribution in [3.8, 4) is 11.1 Å². The van der Waals surface area contributed by atoms with E-state index in [-0.39, 0.29) is 0 Å². The summed E-state index contributed by atoms with van der Waals surface area (Å²) in [6, 6.07) is 13.0. The highest BCUT2D eigenvalue weighted by atomic mass is 79.9. The van der Waals surface area contributed by atoms with Gasteiger partial charge in [0.15, 0.2) is 0 Å². The van der Waals surface area contributed by atoms with Crippen molar-refractivity contribution in [2.75, 3.05) is 0 Å². The predicted octanol–water partition coefficient (Wildman–Crippen LogP) is 9.71. The van der Waals surface area contributed by atoms with Crippen LogP contribution in [0.25, 0.3) is 11.1 Å². The third-order valence-electron chi connectivity index (χ3n) is 5.26. The second kappa shape index (κ2) is 12.8. The molecule has 27 heavy (non-hydrogen) atoms. The summed E-state index contributed by atoms with van der Waals surface area (Å²) in [4.78, 5) is 0. The maximum absolute atomic E-state index is 3.51. The molecular formula is C25H34Br2. The monoisotopic (exact) mass is 492 g/mol. The van der Waals surface area contributed by atoms with Gasteiger partial charge in [0.05, 0.1) is 0 Å². The van der Waals surface area contributed by atoms with Crippen molar-refractivity contribution in [3.63, 3.8) is 0 Å². The minimum atomic E-state index is 1.05. The first-order valence-corrected chi connectivity index (χ1v) is 12.3. The van der Waals surface area contributed by atoms with Crippen molar-refractivity contribution in [2.24, 2.45) is 0 Å². The lowest BCUT2D eigenvalue weighted by atomic mass is 10.1. The number of hydrogen-bond acceptors (Lipinski definition) is 0. The molecule has 0 amide bonds. The van der Waals surface area contributed by atoms with Gasteiger partial charge < -0.3 is 0 Å². The Morgan fingerprint density at radius 2 is 0.963 bits per heavy atom. The van der Waals surface area contributed by atoms with Gasteiger partial charge in [0.1, 0.15) is 0 Å². The molecule has 3 rings (SSSR count). The van der Waals surface area contributed by atoms with Crippen molar-refractivity contribution in [3.05, 3.63) is 56.5 Å². The first-order chi connectivity index (χ1) is 13.2. The summed E-state index contributed by atoms with van der Waals surface area (Å²) in [6.45, 7) is 4.56. The number of fused-ring (bicyclic) bond motifs is 3. The summed E-state index contributed by atoms with van der Waals surface area (Å²) in [7, 11) is 0. The van der Waals surface area contributed by atoms with E-state index >= 15 is 0 Å². The Kier molecular flexibility index (Phi) is 10.7. The van der Waals surface area contributed by atoms with E-state index in [0.29, 0.717) is 0 Å². The largest absolute Gasteiger partial charge is 0.0654 e. The summed E-state index contributed by atoms with van der Waals surface area (Å²) in [5.74, 6) is 0. The normalized spacial score (nSPS) is 11.6. The Labute approximate surface area is 183 Å². The van der Waals surface area contributed by atoms with E-state index in [1.54, 1.807) is 0 Å². The number of rotatable bonds is 9. The molecule has 0 bridgehead atoms. The van der Waals surface area contributed by atoms with Gasteiger partial charge in [-0.15, -0.1) is 0 Å². The fourth-order valence-corrected chi connectivity index (χ4v) is 4.53. The second-order valence-corrected chi connectivity index (χ2v) is 9.44. The maximum atomic E-state index is 3.51. The van der Waals surface area contributed by atoms with Gasteiger partial charge in [-0.25, -0.2) is 0 Å². The molecule has 0 unspecified atom stereocenters. The van der Waals surface area contributed by atoms with E-state index < -0.39 is 0 Å². The molecule has 148 valence electrons. The molecule has 0 nitrogen and oxygen atoms in total. The van der Waals surface area contributed by atoms with Crippen LogP contribution in [0.5, 0.6) is 0 Å². The van der Waals surface area contributed by atoms with Gasteiger partial charge in [-0.1, -0.05) is 122 Å². The predicted molar refractivity (Wildman–Crippen MR) is 128 cm³/mol. The number of unbranched alkanes of at least 4 members (excludes halogenated alkanes) is 9. The van der Waals surface area contributed by atoms with Crippen molar-refractivity contribution in [2.45, 2.75) is 84.5 Å². The zero-order valence-electron chi connectivity index (χ0n) is 17.0. The molecule has 2 heteroatoms. The average molecular weight is 494 g/mol. The van der Waals surface area contributed by atoms with Gasteiger partial charge in [-0.05, 0) is 52.9 Å². The Bertz CT molecular complexity index is 631. The van der Waals surface area contributed by atoms with E-state index in [4.69, 9.17) is 0 Å². The van der Waals surface area contributed by atoms with Gasteiger partial charge >= 0.3 is 0 Å². The average Bonchev–Trinajstić information content (AvgIpc) is 3.00. The third-order valence-corrected chi connectivity index (χ3v) is 6.25. The second-order valence-electron chi connectivity index (χ2n) is 7.61. The molecule has 1 aliphatic carbocycles. The van der Waals surface area contributed by atoms with Crippen LogP contribution in [0.1, 0.15) is 89.2 Å². The molecule has 0 aromatic heterocycles. The van der Waals surface area contributed by atoms with Crippen molar-refractivity contribution >= 4 is 31.9 Å². The molecule has 0 atom stereocenters. The molecule has 2 aromatic carbocycles. The lowest BCUT2D eigenvalue weighted by molar-refractivity contribution is 0.562. The number of benzene rings is 2. The summed E-state index contributed by atoms with van der Waals surface area (Å²) >= 11 is 7.03. The van der Waals surface area contributed by atoms with Gasteiger partial charge in [0.25, 0.3) is 0 Å². The van der Waals surface area contributed by atoms with Crippen LogP contribution in [0.4, 0.5) is 0 Å². The van der Waals surface area contributed by atoms with E-state index in [1.807, 2.05) is 0 Å². The van der Waals surface area contributed by atoms with Crippen LogP contribution < -0.4 is 0 Å². The molecule has 2 aromatic rings. The molecule has 0 spiro atoms. The SMILES string of the molecule is Brc1ccc2c(c1)Cc1cc(Br)ccc1-2.CCCCCCCCCCCC. The van der Waals surface area contributed by atoms with Crippen LogP contribution >= 0.6 is 31.9 Å². The van der Waals surface area contributed by atoms with Crippen LogP contribution in [-0.2, 0) is 6.42 Å². The van der Waals surface area contributed by atoms with Gasteiger partial charge in [-0.2, -0.15) is 0 Å². The standard InChI is InChI=1S/C13H8Br2.C12H26/c14-10-1-3-12-8(6-10)5-9-7-11(15)2-4-13(9)12;1-3-5-7-9-11-12-10-8-6-4-2/h1-4,6-7H,5H2;3-12H2,1-2H3. The summed E-state index contributed by atoms with van der Waals surface area (Å²) in [6.07, 6.45) is 15.5. The Balaban J connectivity index is 0.000000201. The minimum absolute atomic E-state index is 1.05. The quantitative estimate of drug-likeness (QED) is 0.260. The maximum Gasteiger partial charge on any atom is 0.0178 e. The first kappa shape index (κ1) is 22.7. The minimum Gasteiger partial charge on any atom is -0.0654 e. The van der Waals surface area contributed by atoms with Gasteiger partial charge in [-0.3, -0.25) is 0 Å². The first-order valence-electron chi connectivity index (χ1n) is 10.7. The summed E-state index contributed by atoms with van der Waals surface area (Å²) in [5.41, 5.74) is 5.58. The van der Waals surface area contributed by atoms with Crippen molar-refractivity contribution < 1.29 is 0 Å². The molecule has 0 aliphatic heterocycles. The molecule has 0 N–H and O–H groups in total. The Morgan fingerprint density at radius 1 is 0.593 bits per heavy atom. The zero-order chi connectivity index (χ0) is 19.5. The van der Waals surface area contributed by atoms with Crippen LogP contribution in [-0.4, -0.2) is 0 Å².